The molecule has 0 heterocycles. The molecule has 0 aliphatic carbocycles. The number of alkyl halides is 1. The third kappa shape index (κ3) is 3.86. The number of carbonyl (C=O) groups excluding carboxylic acids is 1. The molecule has 1 rings (SSSR count). The van der Waals surface area contributed by atoms with Crippen molar-refractivity contribution in [3.63, 3.8) is 0 Å². The maximum Gasteiger partial charge on any atom is 0.331 e. The highest BCUT2D eigenvalue weighted by Crippen LogP contribution is 2.32. The van der Waals surface area contributed by atoms with Crippen LogP contribution >= 0.6 is 15.9 Å². The average molecular weight is 370 g/mol. The Morgan fingerprint density at radius 2 is 2.05 bits per heavy atom. The summed E-state index contributed by atoms with van der Waals surface area (Å²) in [6.45, 7) is 1.40. The van der Waals surface area contributed by atoms with Gasteiger partial charge < -0.3 is 14.9 Å². The second-order valence-electron chi connectivity index (χ2n) is 4.83. The fraction of sp³-hybridized carbons (Fsp3) is 0.500. The van der Waals surface area contributed by atoms with Crippen molar-refractivity contribution in [3.05, 3.63) is 34.9 Å². The fourth-order valence-corrected chi connectivity index (χ4v) is 2.59. The monoisotopic (exact) mass is 369 g/mol. The Hall–Kier alpha value is -1.42. The van der Waals surface area contributed by atoms with Crippen LogP contribution in [0, 0.1) is 11.3 Å². The maximum atomic E-state index is 12.4. The number of nitriles is 1. The number of hydrogen-bond acceptors (Lipinski definition) is 5. The first-order chi connectivity index (χ1) is 10.6. The molecule has 0 aromatic heterocycles. The first-order valence-electron chi connectivity index (χ1n) is 7.08. The van der Waals surface area contributed by atoms with Crippen molar-refractivity contribution in [2.45, 2.75) is 38.4 Å². The number of nitrogens with zero attached hydrogens (tertiary/aromatic N) is 1. The maximum absolute atomic E-state index is 12.4. The summed E-state index contributed by atoms with van der Waals surface area (Å²) in [5.41, 5.74) is 0.155. The summed E-state index contributed by atoms with van der Waals surface area (Å²) in [4.78, 5) is 12.4. The van der Waals surface area contributed by atoms with Crippen LogP contribution in [0.3, 0.4) is 0 Å². The Labute approximate surface area is 138 Å². The second-order valence-corrected chi connectivity index (χ2v) is 5.62. The molecule has 0 saturated carbocycles. The third-order valence-electron chi connectivity index (χ3n) is 3.54. The van der Waals surface area contributed by atoms with Crippen LogP contribution in [0.2, 0.25) is 0 Å². The average Bonchev–Trinajstić information content (AvgIpc) is 2.55. The third-order valence-corrected chi connectivity index (χ3v) is 4.10. The number of halogens is 1. The molecular weight excluding hydrogens is 350 g/mol. The minimum absolute atomic E-state index is 0.193. The van der Waals surface area contributed by atoms with Gasteiger partial charge in [-0.25, -0.2) is 4.79 Å². The van der Waals surface area contributed by atoms with Crippen molar-refractivity contribution in [2.24, 2.45) is 0 Å². The van der Waals surface area contributed by atoms with Gasteiger partial charge in [-0.2, -0.15) is 5.26 Å². The van der Waals surface area contributed by atoms with Gasteiger partial charge in [0, 0.05) is 5.33 Å². The molecule has 5 nitrogen and oxygen atoms in total. The summed E-state index contributed by atoms with van der Waals surface area (Å²) < 4.78 is 5.09. The highest BCUT2D eigenvalue weighted by atomic mass is 79.9. The highest BCUT2D eigenvalue weighted by Gasteiger charge is 2.42. The Kier molecular flexibility index (Phi) is 7.52. The van der Waals surface area contributed by atoms with Crippen molar-refractivity contribution in [1.82, 2.24) is 0 Å². The van der Waals surface area contributed by atoms with E-state index < -0.39 is 11.4 Å². The van der Waals surface area contributed by atoms with Gasteiger partial charge in [-0.05, 0) is 36.5 Å². The normalized spacial score (nSPS) is 13.2. The minimum Gasteiger partial charge on any atom is -0.465 e. The molecule has 0 bridgehead atoms. The second kappa shape index (κ2) is 8.89. The Morgan fingerprint density at radius 3 is 2.55 bits per heavy atom. The molecule has 0 amide bonds. The van der Waals surface area contributed by atoms with Gasteiger partial charge in [0.2, 0.25) is 0 Å². The molecule has 1 aromatic rings. The summed E-state index contributed by atoms with van der Waals surface area (Å²) >= 11 is 3.31. The lowest BCUT2D eigenvalue weighted by Gasteiger charge is -2.25. The van der Waals surface area contributed by atoms with Crippen molar-refractivity contribution < 1.29 is 19.7 Å². The van der Waals surface area contributed by atoms with Gasteiger partial charge in [-0.3, -0.25) is 0 Å². The van der Waals surface area contributed by atoms with Gasteiger partial charge in [0.05, 0.1) is 25.9 Å². The first kappa shape index (κ1) is 18.6. The zero-order chi connectivity index (χ0) is 16.6. The van der Waals surface area contributed by atoms with Crippen LogP contribution in [0.4, 0.5) is 0 Å². The van der Waals surface area contributed by atoms with Gasteiger partial charge in [0.25, 0.3) is 0 Å². The van der Waals surface area contributed by atoms with Gasteiger partial charge in [-0.1, -0.05) is 34.1 Å². The predicted molar refractivity (Wildman–Crippen MR) is 85.2 cm³/mol. The summed E-state index contributed by atoms with van der Waals surface area (Å²) in [7, 11) is 0. The molecule has 0 fully saturated rings. The van der Waals surface area contributed by atoms with Crippen LogP contribution in [0.1, 0.15) is 36.5 Å². The largest absolute Gasteiger partial charge is 0.465 e. The van der Waals surface area contributed by atoms with Crippen LogP contribution in [-0.2, 0) is 28.2 Å². The molecule has 6 heteroatoms. The fourth-order valence-electron chi connectivity index (χ4n) is 2.31. The van der Waals surface area contributed by atoms with Crippen molar-refractivity contribution in [3.8, 4) is 6.07 Å². The Bertz CT molecular complexity index is 556. The number of benzene rings is 1. The van der Waals surface area contributed by atoms with Gasteiger partial charge in [0.15, 0.2) is 5.41 Å². The van der Waals surface area contributed by atoms with E-state index >= 15 is 0 Å². The zero-order valence-electron chi connectivity index (χ0n) is 12.5. The van der Waals surface area contributed by atoms with Crippen molar-refractivity contribution in [1.29, 1.82) is 5.26 Å². The summed E-state index contributed by atoms with van der Waals surface area (Å²) in [6, 6.07) is 6.96. The molecule has 0 saturated heterocycles. The Balaban J connectivity index is 3.37. The molecule has 1 atom stereocenters. The molecule has 2 N–H and O–H groups in total. The summed E-state index contributed by atoms with van der Waals surface area (Å²) in [5, 5.41) is 29.0. The number of hydrogen-bond donors (Lipinski definition) is 2. The van der Waals surface area contributed by atoms with Crippen LogP contribution in [-0.4, -0.2) is 28.1 Å². The molecule has 1 aromatic carbocycles. The van der Waals surface area contributed by atoms with E-state index in [2.05, 4.69) is 22.0 Å². The first-order valence-corrected chi connectivity index (χ1v) is 8.20. The van der Waals surface area contributed by atoms with E-state index in [1.165, 1.54) is 0 Å². The van der Waals surface area contributed by atoms with Crippen LogP contribution in [0.5, 0.6) is 0 Å². The number of ether oxygens (including phenoxy) is 1. The molecule has 0 radical (unpaired) electrons. The zero-order valence-corrected chi connectivity index (χ0v) is 14.1. The smallest absolute Gasteiger partial charge is 0.331 e. The molecule has 22 heavy (non-hydrogen) atoms. The van der Waals surface area contributed by atoms with Crippen molar-refractivity contribution >= 4 is 21.9 Å². The Morgan fingerprint density at radius 1 is 1.36 bits per heavy atom. The number of carbonyl (C=O) groups is 1. The predicted octanol–water partition coefficient (Wildman–Crippen LogP) is 2.17. The number of rotatable bonds is 8. The molecular formula is C16H20BrNO4. The van der Waals surface area contributed by atoms with E-state index in [-0.39, 0.29) is 19.8 Å². The lowest BCUT2D eigenvalue weighted by Crippen LogP contribution is -2.36. The van der Waals surface area contributed by atoms with Gasteiger partial charge >= 0.3 is 5.97 Å². The van der Waals surface area contributed by atoms with E-state index in [1.807, 2.05) is 0 Å². The molecule has 0 spiro atoms. The van der Waals surface area contributed by atoms with Crippen LogP contribution < -0.4 is 0 Å². The molecule has 0 aliphatic heterocycles. The van der Waals surface area contributed by atoms with Crippen LogP contribution in [0.25, 0.3) is 0 Å². The number of esters is 1. The van der Waals surface area contributed by atoms with E-state index in [0.29, 0.717) is 34.9 Å². The quantitative estimate of drug-likeness (QED) is 0.541. The number of aliphatic hydroxyl groups is 2. The van der Waals surface area contributed by atoms with E-state index in [0.717, 1.165) is 0 Å². The SMILES string of the molecule is CCOC(=O)C(C#N)(CCCBr)c1ccc(CO)c(CO)c1. The van der Waals surface area contributed by atoms with Crippen LogP contribution in [0.15, 0.2) is 18.2 Å². The standard InChI is InChI=1S/C16H20BrNO4/c1-2-22-15(21)16(11-18,6-3-7-17)14-5-4-12(9-19)13(8-14)10-20/h4-5,8,19-20H,2-3,6-7,9-10H2,1H3. The topological polar surface area (TPSA) is 90.6 Å². The molecule has 0 aliphatic rings. The summed E-state index contributed by atoms with van der Waals surface area (Å²) in [6.07, 6.45) is 0.944. The lowest BCUT2D eigenvalue weighted by atomic mass is 9.77. The van der Waals surface area contributed by atoms with E-state index in [4.69, 9.17) is 4.74 Å². The van der Waals surface area contributed by atoms with E-state index in [1.54, 1.807) is 25.1 Å². The van der Waals surface area contributed by atoms with Gasteiger partial charge in [0.1, 0.15) is 0 Å². The van der Waals surface area contributed by atoms with Gasteiger partial charge in [-0.15, -0.1) is 0 Å². The lowest BCUT2D eigenvalue weighted by molar-refractivity contribution is -0.148. The minimum atomic E-state index is -1.40. The van der Waals surface area contributed by atoms with E-state index in [9.17, 15) is 20.3 Å². The highest BCUT2D eigenvalue weighted by molar-refractivity contribution is 9.09. The van der Waals surface area contributed by atoms with Crippen molar-refractivity contribution in [2.75, 3.05) is 11.9 Å². The number of aliphatic hydroxyl groups excluding tert-OH is 2. The molecule has 120 valence electrons. The molecule has 1 unspecified atom stereocenters. The summed E-state index contributed by atoms with van der Waals surface area (Å²) in [5.74, 6) is -0.584.